The first-order chi connectivity index (χ1) is 15.0. The number of piperazine rings is 1. The second kappa shape index (κ2) is 9.57. The van der Waals surface area contributed by atoms with E-state index in [9.17, 15) is 4.79 Å². The number of nitrogens with zero attached hydrogens (tertiary/aromatic N) is 5. The molecule has 0 unspecified atom stereocenters. The highest BCUT2D eigenvalue weighted by atomic mass is 16.6. The van der Waals surface area contributed by atoms with E-state index in [1.807, 2.05) is 23.2 Å². The quantitative estimate of drug-likeness (QED) is 0.667. The molecule has 0 aliphatic carbocycles. The van der Waals surface area contributed by atoms with Crippen LogP contribution in [0.4, 0.5) is 10.6 Å². The molecule has 3 aliphatic heterocycles. The summed E-state index contributed by atoms with van der Waals surface area (Å²) >= 11 is 0. The summed E-state index contributed by atoms with van der Waals surface area (Å²) in [5.41, 5.74) is 0.705. The molecular weight excluding hydrogens is 390 g/mol. The van der Waals surface area contributed by atoms with Gasteiger partial charge in [0, 0.05) is 70.9 Å². The number of amides is 1. The van der Waals surface area contributed by atoms with Gasteiger partial charge in [0.25, 0.3) is 0 Å². The van der Waals surface area contributed by atoms with Crippen LogP contribution >= 0.6 is 0 Å². The summed E-state index contributed by atoms with van der Waals surface area (Å²) in [6.45, 7) is 17.2. The van der Waals surface area contributed by atoms with Crippen molar-refractivity contribution in [3.63, 3.8) is 0 Å². The van der Waals surface area contributed by atoms with Crippen molar-refractivity contribution >= 4 is 18.0 Å². The van der Waals surface area contributed by atoms with Crippen molar-refractivity contribution in [2.75, 3.05) is 63.8 Å². The van der Waals surface area contributed by atoms with Gasteiger partial charge in [-0.3, -0.25) is 4.90 Å². The molecule has 0 atom stereocenters. The van der Waals surface area contributed by atoms with E-state index in [0.29, 0.717) is 6.04 Å². The Bertz CT molecular complexity index is 750. The van der Waals surface area contributed by atoms with Gasteiger partial charge in [-0.25, -0.2) is 9.78 Å². The van der Waals surface area contributed by atoms with E-state index in [1.165, 1.54) is 0 Å². The van der Waals surface area contributed by atoms with Crippen LogP contribution in [0.5, 0.6) is 0 Å². The number of carbonyl (C=O) groups is 1. The number of pyridine rings is 1. The van der Waals surface area contributed by atoms with E-state index in [1.54, 1.807) is 6.08 Å². The van der Waals surface area contributed by atoms with Gasteiger partial charge in [-0.1, -0.05) is 12.7 Å². The molecule has 7 heteroatoms. The number of ether oxygens (including phenoxy) is 1. The van der Waals surface area contributed by atoms with Crippen LogP contribution in [0.1, 0.15) is 38.7 Å². The third-order valence-electron chi connectivity index (χ3n) is 7.09. The van der Waals surface area contributed by atoms with Crippen molar-refractivity contribution < 1.29 is 9.53 Å². The largest absolute Gasteiger partial charge is 0.441 e. The Balaban J connectivity index is 1.21. The molecule has 1 spiro atoms. The minimum Gasteiger partial charge on any atom is -0.441 e. The van der Waals surface area contributed by atoms with Gasteiger partial charge in [-0.15, -0.1) is 0 Å². The molecule has 4 rings (SSSR count). The van der Waals surface area contributed by atoms with E-state index >= 15 is 0 Å². The Morgan fingerprint density at radius 1 is 1.13 bits per heavy atom. The smallest absolute Gasteiger partial charge is 0.410 e. The number of aromatic nitrogens is 1. The lowest BCUT2D eigenvalue weighted by molar-refractivity contribution is 0.0366. The van der Waals surface area contributed by atoms with Crippen LogP contribution in [0.15, 0.2) is 24.9 Å². The third kappa shape index (κ3) is 5.21. The maximum absolute atomic E-state index is 12.5. The van der Waals surface area contributed by atoms with E-state index in [-0.39, 0.29) is 11.7 Å². The fourth-order valence-electron chi connectivity index (χ4n) is 4.96. The zero-order valence-corrected chi connectivity index (χ0v) is 19.1. The molecule has 1 aromatic rings. The van der Waals surface area contributed by atoms with Gasteiger partial charge in [-0.05, 0) is 44.5 Å². The lowest BCUT2D eigenvalue weighted by Crippen LogP contribution is -2.49. The molecule has 1 aromatic heterocycles. The standard InChI is InChI=1S/C24H37N5O2/c1-4-21-6-7-22(25-18-21)28-12-8-24(9-13-28)19-29(23(30)31-24)11-5-10-26-14-16-27(17-15-26)20(2)3/h4,6-7,18,20H,1,5,8-17,19H2,2-3H3. The predicted molar refractivity (Wildman–Crippen MR) is 124 cm³/mol. The second-order valence-electron chi connectivity index (χ2n) is 9.44. The van der Waals surface area contributed by atoms with Crippen LogP contribution < -0.4 is 4.90 Å². The van der Waals surface area contributed by atoms with Crippen molar-refractivity contribution in [3.05, 3.63) is 30.5 Å². The predicted octanol–water partition coefficient (Wildman–Crippen LogP) is 2.93. The molecule has 0 N–H and O–H groups in total. The van der Waals surface area contributed by atoms with Crippen LogP contribution in [-0.4, -0.2) is 96.3 Å². The van der Waals surface area contributed by atoms with E-state index in [2.05, 4.69) is 40.1 Å². The number of hydrogen-bond acceptors (Lipinski definition) is 6. The van der Waals surface area contributed by atoms with Gasteiger partial charge >= 0.3 is 6.09 Å². The van der Waals surface area contributed by atoms with Gasteiger partial charge in [0.15, 0.2) is 0 Å². The van der Waals surface area contributed by atoms with Gasteiger partial charge < -0.3 is 19.4 Å². The average Bonchev–Trinajstić information content (AvgIpc) is 3.09. The number of carbonyl (C=O) groups excluding carboxylic acids is 1. The highest BCUT2D eigenvalue weighted by Gasteiger charge is 2.46. The summed E-state index contributed by atoms with van der Waals surface area (Å²) in [4.78, 5) is 26.3. The fourth-order valence-corrected chi connectivity index (χ4v) is 4.96. The van der Waals surface area contributed by atoms with Gasteiger partial charge in [0.1, 0.15) is 11.4 Å². The maximum atomic E-state index is 12.5. The fraction of sp³-hybridized carbons (Fsp3) is 0.667. The number of hydrogen-bond donors (Lipinski definition) is 0. The van der Waals surface area contributed by atoms with Crippen LogP contribution in [0.2, 0.25) is 0 Å². The molecule has 31 heavy (non-hydrogen) atoms. The van der Waals surface area contributed by atoms with Crippen LogP contribution in [0.25, 0.3) is 6.08 Å². The topological polar surface area (TPSA) is 52.2 Å². The van der Waals surface area contributed by atoms with Gasteiger partial charge in [0.2, 0.25) is 0 Å². The van der Waals surface area contributed by atoms with Crippen molar-refractivity contribution in [3.8, 4) is 0 Å². The molecular formula is C24H37N5O2. The molecule has 3 aliphatic rings. The number of anilines is 1. The highest BCUT2D eigenvalue weighted by Crippen LogP contribution is 2.34. The Kier molecular flexibility index (Phi) is 6.82. The Hall–Kier alpha value is -2.12. The first-order valence-electron chi connectivity index (χ1n) is 11.8. The minimum atomic E-state index is -0.322. The molecule has 170 valence electrons. The molecule has 3 fully saturated rings. The number of piperidine rings is 1. The normalized spacial score (nSPS) is 22.4. The lowest BCUT2D eigenvalue weighted by Gasteiger charge is -2.38. The molecule has 0 bridgehead atoms. The van der Waals surface area contributed by atoms with E-state index in [0.717, 1.165) is 89.5 Å². The molecule has 1 amide bonds. The highest BCUT2D eigenvalue weighted by molar-refractivity contribution is 5.70. The summed E-state index contributed by atoms with van der Waals surface area (Å²) in [6, 6.07) is 4.72. The van der Waals surface area contributed by atoms with Gasteiger partial charge in [-0.2, -0.15) is 0 Å². The number of rotatable bonds is 7. The van der Waals surface area contributed by atoms with Crippen molar-refractivity contribution in [1.29, 1.82) is 0 Å². The zero-order chi connectivity index (χ0) is 21.8. The summed E-state index contributed by atoms with van der Waals surface area (Å²) in [5.74, 6) is 0.985. The molecule has 7 nitrogen and oxygen atoms in total. The second-order valence-corrected chi connectivity index (χ2v) is 9.44. The van der Waals surface area contributed by atoms with E-state index < -0.39 is 0 Å². The summed E-state index contributed by atoms with van der Waals surface area (Å²) in [7, 11) is 0. The van der Waals surface area contributed by atoms with Crippen molar-refractivity contribution in [1.82, 2.24) is 19.7 Å². The lowest BCUT2D eigenvalue weighted by atomic mass is 9.91. The summed E-state index contributed by atoms with van der Waals surface area (Å²) in [5, 5.41) is 0. The van der Waals surface area contributed by atoms with Crippen molar-refractivity contribution in [2.24, 2.45) is 0 Å². The summed E-state index contributed by atoms with van der Waals surface area (Å²) in [6.07, 6.45) is 6.26. The van der Waals surface area contributed by atoms with E-state index in [4.69, 9.17) is 4.74 Å². The Morgan fingerprint density at radius 3 is 2.48 bits per heavy atom. The zero-order valence-electron chi connectivity index (χ0n) is 19.1. The van der Waals surface area contributed by atoms with Gasteiger partial charge in [0.05, 0.1) is 6.54 Å². The first kappa shape index (κ1) is 22.1. The molecule has 0 radical (unpaired) electrons. The first-order valence-corrected chi connectivity index (χ1v) is 11.8. The Morgan fingerprint density at radius 2 is 1.87 bits per heavy atom. The average molecular weight is 428 g/mol. The maximum Gasteiger partial charge on any atom is 0.410 e. The van der Waals surface area contributed by atoms with Crippen LogP contribution in [0, 0.1) is 0 Å². The van der Waals surface area contributed by atoms with Crippen LogP contribution in [-0.2, 0) is 4.74 Å². The molecule has 0 aromatic carbocycles. The monoisotopic (exact) mass is 427 g/mol. The van der Waals surface area contributed by atoms with Crippen LogP contribution in [0.3, 0.4) is 0 Å². The Labute approximate surface area is 186 Å². The molecule has 4 heterocycles. The molecule has 0 saturated carbocycles. The van der Waals surface area contributed by atoms with Crippen molar-refractivity contribution in [2.45, 2.75) is 44.8 Å². The third-order valence-corrected chi connectivity index (χ3v) is 7.09. The minimum absolute atomic E-state index is 0.133. The molecule has 3 saturated heterocycles. The SMILES string of the molecule is C=Cc1ccc(N2CCC3(CC2)CN(CCCN2CCN(C(C)C)CC2)C(=O)O3)nc1. The summed E-state index contributed by atoms with van der Waals surface area (Å²) < 4.78 is 5.91.